The van der Waals surface area contributed by atoms with Gasteiger partial charge in [-0.05, 0) is 24.3 Å². The Bertz CT molecular complexity index is 634. The van der Waals surface area contributed by atoms with Crippen LogP contribution >= 0.6 is 0 Å². The third-order valence-corrected chi connectivity index (χ3v) is 5.38. The van der Waals surface area contributed by atoms with E-state index in [2.05, 4.69) is 5.32 Å². The molecule has 1 aromatic carbocycles. The van der Waals surface area contributed by atoms with E-state index in [9.17, 15) is 18.3 Å². The second kappa shape index (κ2) is 6.33. The highest BCUT2D eigenvalue weighted by Crippen LogP contribution is 2.17. The van der Waals surface area contributed by atoms with Crippen molar-refractivity contribution in [3.8, 4) is 0 Å². The van der Waals surface area contributed by atoms with Crippen LogP contribution < -0.4 is 5.32 Å². The Morgan fingerprint density at radius 2 is 2.00 bits per heavy atom. The standard InChI is InChI=1S/C14H20N2O5S/c1-16(2)22(19,20)12-5-3-11(4-6-12)13(17)15-9-14(18)7-8-21-10-14/h3-6,18H,7-10H2,1-2H3,(H,15,17)/t14-/m0/s1. The number of rotatable bonds is 5. The molecule has 1 aliphatic rings. The SMILES string of the molecule is CN(C)S(=O)(=O)c1ccc(C(=O)NC[C@@]2(O)CCOC2)cc1. The fraction of sp³-hybridized carbons (Fsp3) is 0.500. The van der Waals surface area contributed by atoms with Gasteiger partial charge in [0.1, 0.15) is 5.60 Å². The Balaban J connectivity index is 2.02. The van der Waals surface area contributed by atoms with E-state index in [1.807, 2.05) is 0 Å². The number of ether oxygens (including phenoxy) is 1. The van der Waals surface area contributed by atoms with Crippen LogP contribution in [0.4, 0.5) is 0 Å². The van der Waals surface area contributed by atoms with Crippen molar-refractivity contribution in [2.45, 2.75) is 16.9 Å². The van der Waals surface area contributed by atoms with E-state index in [4.69, 9.17) is 4.74 Å². The van der Waals surface area contributed by atoms with Gasteiger partial charge < -0.3 is 15.2 Å². The van der Waals surface area contributed by atoms with Crippen LogP contribution in [0.25, 0.3) is 0 Å². The topological polar surface area (TPSA) is 95.9 Å². The highest BCUT2D eigenvalue weighted by Gasteiger charge is 2.32. The number of carbonyl (C=O) groups is 1. The molecule has 0 spiro atoms. The molecule has 0 aliphatic carbocycles. The minimum Gasteiger partial charge on any atom is -0.386 e. The quantitative estimate of drug-likeness (QED) is 0.781. The fourth-order valence-corrected chi connectivity index (χ4v) is 2.97. The van der Waals surface area contributed by atoms with Crippen LogP contribution in [-0.4, -0.2) is 63.2 Å². The van der Waals surface area contributed by atoms with E-state index in [1.165, 1.54) is 38.4 Å². The summed E-state index contributed by atoms with van der Waals surface area (Å²) in [6, 6.07) is 5.66. The van der Waals surface area contributed by atoms with E-state index < -0.39 is 15.6 Å². The minimum atomic E-state index is -3.51. The molecule has 1 aromatic rings. The average molecular weight is 328 g/mol. The number of benzene rings is 1. The lowest BCUT2D eigenvalue weighted by Crippen LogP contribution is -2.43. The summed E-state index contributed by atoms with van der Waals surface area (Å²) in [5.74, 6) is -0.367. The highest BCUT2D eigenvalue weighted by molar-refractivity contribution is 7.89. The van der Waals surface area contributed by atoms with Gasteiger partial charge in [0, 0.05) is 39.2 Å². The predicted molar refractivity (Wildman–Crippen MR) is 80.0 cm³/mol. The number of sulfonamides is 1. The first kappa shape index (κ1) is 16.9. The zero-order chi connectivity index (χ0) is 16.4. The number of hydrogen-bond donors (Lipinski definition) is 2. The van der Waals surface area contributed by atoms with Crippen molar-refractivity contribution < 1.29 is 23.1 Å². The van der Waals surface area contributed by atoms with E-state index in [0.717, 1.165) is 4.31 Å². The summed E-state index contributed by atoms with van der Waals surface area (Å²) in [6.07, 6.45) is 0.479. The van der Waals surface area contributed by atoms with E-state index in [0.29, 0.717) is 18.6 Å². The van der Waals surface area contributed by atoms with Crippen LogP contribution in [0.1, 0.15) is 16.8 Å². The maximum Gasteiger partial charge on any atom is 0.251 e. The summed E-state index contributed by atoms with van der Waals surface area (Å²) < 4.78 is 30.1. The lowest BCUT2D eigenvalue weighted by Gasteiger charge is -2.20. The van der Waals surface area contributed by atoms with Gasteiger partial charge in [-0.3, -0.25) is 4.79 Å². The molecule has 0 radical (unpaired) electrons. The van der Waals surface area contributed by atoms with Crippen LogP contribution in [-0.2, 0) is 14.8 Å². The molecule has 1 atom stereocenters. The Hall–Kier alpha value is -1.48. The summed E-state index contributed by atoms with van der Waals surface area (Å²) in [4.78, 5) is 12.1. The van der Waals surface area contributed by atoms with Gasteiger partial charge >= 0.3 is 0 Å². The van der Waals surface area contributed by atoms with Crippen molar-refractivity contribution in [1.82, 2.24) is 9.62 Å². The van der Waals surface area contributed by atoms with Crippen LogP contribution in [0.5, 0.6) is 0 Å². The van der Waals surface area contributed by atoms with Gasteiger partial charge in [0.05, 0.1) is 11.5 Å². The number of nitrogens with zero attached hydrogens (tertiary/aromatic N) is 1. The van der Waals surface area contributed by atoms with Crippen molar-refractivity contribution in [3.63, 3.8) is 0 Å². The van der Waals surface area contributed by atoms with Gasteiger partial charge in [0.25, 0.3) is 5.91 Å². The molecule has 1 aliphatic heterocycles. The maximum absolute atomic E-state index is 12.0. The first-order valence-electron chi connectivity index (χ1n) is 6.86. The Morgan fingerprint density at radius 3 is 2.50 bits per heavy atom. The van der Waals surface area contributed by atoms with E-state index in [-0.39, 0.29) is 24.0 Å². The number of nitrogens with one attached hydrogen (secondary N) is 1. The molecule has 2 N–H and O–H groups in total. The smallest absolute Gasteiger partial charge is 0.251 e. The van der Waals surface area contributed by atoms with Crippen molar-refractivity contribution in [3.05, 3.63) is 29.8 Å². The van der Waals surface area contributed by atoms with Gasteiger partial charge in [-0.15, -0.1) is 0 Å². The van der Waals surface area contributed by atoms with Crippen molar-refractivity contribution in [2.75, 3.05) is 33.9 Å². The lowest BCUT2D eigenvalue weighted by atomic mass is 10.0. The summed E-state index contributed by atoms with van der Waals surface area (Å²) in [5, 5.41) is 12.7. The summed E-state index contributed by atoms with van der Waals surface area (Å²) in [5.41, 5.74) is -0.690. The molecule has 122 valence electrons. The summed E-state index contributed by atoms with van der Waals surface area (Å²) in [6.45, 7) is 0.778. The molecular weight excluding hydrogens is 308 g/mol. The third kappa shape index (κ3) is 3.64. The number of amides is 1. The fourth-order valence-electron chi connectivity index (χ4n) is 2.07. The third-order valence-electron chi connectivity index (χ3n) is 3.56. The monoisotopic (exact) mass is 328 g/mol. The molecule has 1 fully saturated rings. The number of hydrogen-bond acceptors (Lipinski definition) is 5. The molecular formula is C14H20N2O5S. The molecule has 22 heavy (non-hydrogen) atoms. The molecule has 1 heterocycles. The second-order valence-corrected chi connectivity index (χ2v) is 7.67. The van der Waals surface area contributed by atoms with E-state index >= 15 is 0 Å². The van der Waals surface area contributed by atoms with Gasteiger partial charge in [0.15, 0.2) is 0 Å². The molecule has 1 amide bonds. The van der Waals surface area contributed by atoms with Crippen LogP contribution in [0, 0.1) is 0 Å². The minimum absolute atomic E-state index is 0.101. The number of aliphatic hydroxyl groups is 1. The lowest BCUT2D eigenvalue weighted by molar-refractivity contribution is 0.0264. The molecule has 0 bridgehead atoms. The maximum atomic E-state index is 12.0. The normalized spacial score (nSPS) is 22.0. The van der Waals surface area contributed by atoms with Crippen molar-refractivity contribution in [1.29, 1.82) is 0 Å². The summed E-state index contributed by atoms with van der Waals surface area (Å²) >= 11 is 0. The van der Waals surface area contributed by atoms with Crippen molar-refractivity contribution in [2.24, 2.45) is 0 Å². The number of carbonyl (C=O) groups excluding carboxylic acids is 1. The molecule has 1 saturated heterocycles. The Morgan fingerprint density at radius 1 is 1.36 bits per heavy atom. The largest absolute Gasteiger partial charge is 0.386 e. The molecule has 2 rings (SSSR count). The Labute approximate surface area is 129 Å². The Kier molecular flexibility index (Phi) is 4.86. The van der Waals surface area contributed by atoms with Crippen LogP contribution in [0.15, 0.2) is 29.2 Å². The molecule has 7 nitrogen and oxygen atoms in total. The average Bonchev–Trinajstić information content (AvgIpc) is 2.92. The van der Waals surface area contributed by atoms with Crippen molar-refractivity contribution >= 4 is 15.9 Å². The molecule has 0 saturated carbocycles. The predicted octanol–water partition coefficient (Wildman–Crippen LogP) is -0.182. The first-order valence-corrected chi connectivity index (χ1v) is 8.30. The first-order chi connectivity index (χ1) is 10.2. The van der Waals surface area contributed by atoms with Crippen LogP contribution in [0.2, 0.25) is 0 Å². The molecule has 0 unspecified atom stereocenters. The molecule has 0 aromatic heterocycles. The highest BCUT2D eigenvalue weighted by atomic mass is 32.2. The zero-order valence-electron chi connectivity index (χ0n) is 12.6. The van der Waals surface area contributed by atoms with Crippen LogP contribution in [0.3, 0.4) is 0 Å². The molecule has 8 heteroatoms. The van der Waals surface area contributed by atoms with Gasteiger partial charge in [-0.2, -0.15) is 0 Å². The zero-order valence-corrected chi connectivity index (χ0v) is 13.4. The van der Waals surface area contributed by atoms with Gasteiger partial charge in [-0.25, -0.2) is 12.7 Å². The summed E-state index contributed by atoms with van der Waals surface area (Å²) in [7, 11) is -0.620. The van der Waals surface area contributed by atoms with E-state index in [1.54, 1.807) is 0 Å². The van der Waals surface area contributed by atoms with Gasteiger partial charge in [0.2, 0.25) is 10.0 Å². The van der Waals surface area contributed by atoms with Gasteiger partial charge in [-0.1, -0.05) is 0 Å². The second-order valence-electron chi connectivity index (χ2n) is 5.52.